The van der Waals surface area contributed by atoms with Crippen LogP contribution in [0.15, 0.2) is 50.9 Å². The van der Waals surface area contributed by atoms with Gasteiger partial charge in [0, 0.05) is 22.2 Å². The Morgan fingerprint density at radius 3 is 2.65 bits per heavy atom. The summed E-state index contributed by atoms with van der Waals surface area (Å²) in [5, 5.41) is 11.9. The van der Waals surface area contributed by atoms with Crippen molar-refractivity contribution in [2.45, 2.75) is 26.3 Å². The lowest BCUT2D eigenvalue weighted by atomic mass is 10.2. The SMILES string of the molecule is CC[C@@H](C)NC(=O)/C(C#N)=C/c1ccc(-c2ccc(Br)cc2)o1. The predicted octanol–water partition coefficient (Wildman–Crippen LogP) is 4.53. The van der Waals surface area contributed by atoms with Crippen LogP contribution < -0.4 is 5.32 Å². The molecule has 0 aliphatic rings. The van der Waals surface area contributed by atoms with Crippen LogP contribution in [0, 0.1) is 11.3 Å². The number of hydrogen-bond donors (Lipinski definition) is 1. The van der Waals surface area contributed by atoms with Gasteiger partial charge in [0.1, 0.15) is 23.2 Å². The minimum absolute atomic E-state index is 0.0224. The Hall–Kier alpha value is -2.32. The molecule has 1 heterocycles. The number of carbonyl (C=O) groups excluding carboxylic acids is 1. The zero-order valence-corrected chi connectivity index (χ0v) is 14.6. The number of amides is 1. The second-order valence-electron chi connectivity index (χ2n) is 5.16. The van der Waals surface area contributed by atoms with E-state index in [1.165, 1.54) is 6.08 Å². The molecule has 0 fully saturated rings. The summed E-state index contributed by atoms with van der Waals surface area (Å²) in [7, 11) is 0. The topological polar surface area (TPSA) is 66.0 Å². The minimum atomic E-state index is -0.386. The monoisotopic (exact) mass is 372 g/mol. The van der Waals surface area contributed by atoms with Gasteiger partial charge in [0.15, 0.2) is 0 Å². The van der Waals surface area contributed by atoms with Crippen LogP contribution in [0.1, 0.15) is 26.0 Å². The summed E-state index contributed by atoms with van der Waals surface area (Å²) in [5.41, 5.74) is 0.956. The molecule has 1 amide bonds. The smallest absolute Gasteiger partial charge is 0.262 e. The third-order valence-corrected chi connectivity index (χ3v) is 3.93. The first kappa shape index (κ1) is 17.0. The minimum Gasteiger partial charge on any atom is -0.457 e. The van der Waals surface area contributed by atoms with Gasteiger partial charge in [-0.05, 0) is 37.6 Å². The summed E-state index contributed by atoms with van der Waals surface area (Å²) in [6, 6.07) is 13.2. The van der Waals surface area contributed by atoms with Crippen LogP contribution in [-0.4, -0.2) is 11.9 Å². The Morgan fingerprint density at radius 1 is 1.35 bits per heavy atom. The zero-order chi connectivity index (χ0) is 16.8. The van der Waals surface area contributed by atoms with E-state index in [2.05, 4.69) is 21.2 Å². The first-order valence-electron chi connectivity index (χ1n) is 7.32. The quantitative estimate of drug-likeness (QED) is 0.619. The predicted molar refractivity (Wildman–Crippen MR) is 93.3 cm³/mol. The maximum absolute atomic E-state index is 12.0. The average Bonchev–Trinajstić information content (AvgIpc) is 3.01. The third-order valence-electron chi connectivity index (χ3n) is 3.40. The van der Waals surface area contributed by atoms with E-state index in [-0.39, 0.29) is 17.5 Å². The number of halogens is 1. The van der Waals surface area contributed by atoms with E-state index >= 15 is 0 Å². The molecule has 1 aromatic carbocycles. The number of hydrogen-bond acceptors (Lipinski definition) is 3. The molecule has 1 aromatic heterocycles. The molecule has 5 heteroatoms. The highest BCUT2D eigenvalue weighted by atomic mass is 79.9. The number of furan rings is 1. The molecular weight excluding hydrogens is 356 g/mol. The van der Waals surface area contributed by atoms with Gasteiger partial charge in [-0.2, -0.15) is 5.26 Å². The molecule has 0 radical (unpaired) electrons. The molecule has 0 bridgehead atoms. The van der Waals surface area contributed by atoms with E-state index in [1.54, 1.807) is 6.07 Å². The van der Waals surface area contributed by atoms with Gasteiger partial charge in [0.05, 0.1) is 0 Å². The second-order valence-corrected chi connectivity index (χ2v) is 6.08. The first-order valence-corrected chi connectivity index (χ1v) is 8.11. The molecule has 1 atom stereocenters. The molecule has 23 heavy (non-hydrogen) atoms. The molecule has 0 spiro atoms. The van der Waals surface area contributed by atoms with Crippen molar-refractivity contribution in [3.63, 3.8) is 0 Å². The molecule has 4 nitrogen and oxygen atoms in total. The van der Waals surface area contributed by atoms with Crippen LogP contribution in [0.4, 0.5) is 0 Å². The molecule has 118 valence electrons. The van der Waals surface area contributed by atoms with E-state index < -0.39 is 0 Å². The Bertz CT molecular complexity index is 754. The summed E-state index contributed by atoms with van der Waals surface area (Å²) < 4.78 is 6.69. The highest BCUT2D eigenvalue weighted by Crippen LogP contribution is 2.25. The van der Waals surface area contributed by atoms with Crippen molar-refractivity contribution in [2.75, 3.05) is 0 Å². The number of nitrogens with zero attached hydrogens (tertiary/aromatic N) is 1. The molecular formula is C18H17BrN2O2. The van der Waals surface area contributed by atoms with Crippen LogP contribution in [-0.2, 0) is 4.79 Å². The van der Waals surface area contributed by atoms with Crippen molar-refractivity contribution in [3.8, 4) is 17.4 Å². The summed E-state index contributed by atoms with van der Waals surface area (Å²) in [4.78, 5) is 12.0. The Balaban J connectivity index is 2.20. The Labute approximate surface area is 143 Å². The van der Waals surface area contributed by atoms with Crippen LogP contribution in [0.25, 0.3) is 17.4 Å². The summed E-state index contributed by atoms with van der Waals surface area (Å²) in [6.45, 7) is 3.86. The Kier molecular flexibility index (Phi) is 5.78. The number of rotatable bonds is 5. The normalized spacial score (nSPS) is 12.5. The maximum atomic E-state index is 12.0. The van der Waals surface area contributed by atoms with E-state index in [4.69, 9.17) is 4.42 Å². The van der Waals surface area contributed by atoms with Gasteiger partial charge in [-0.1, -0.05) is 35.0 Å². The van der Waals surface area contributed by atoms with Crippen molar-refractivity contribution in [1.29, 1.82) is 5.26 Å². The average molecular weight is 373 g/mol. The molecule has 0 saturated heterocycles. The van der Waals surface area contributed by atoms with E-state index in [0.29, 0.717) is 11.5 Å². The summed E-state index contributed by atoms with van der Waals surface area (Å²) in [5.74, 6) is 0.769. The molecule has 0 aliphatic carbocycles. The maximum Gasteiger partial charge on any atom is 0.262 e. The summed E-state index contributed by atoms with van der Waals surface area (Å²) >= 11 is 3.39. The number of nitriles is 1. The molecule has 0 saturated carbocycles. The highest BCUT2D eigenvalue weighted by molar-refractivity contribution is 9.10. The largest absolute Gasteiger partial charge is 0.457 e. The van der Waals surface area contributed by atoms with Crippen molar-refractivity contribution >= 4 is 27.9 Å². The molecule has 0 aliphatic heterocycles. The lowest BCUT2D eigenvalue weighted by Crippen LogP contribution is -2.32. The van der Waals surface area contributed by atoms with E-state index in [1.807, 2.05) is 50.2 Å². The van der Waals surface area contributed by atoms with Crippen LogP contribution in [0.3, 0.4) is 0 Å². The number of carbonyl (C=O) groups is 1. The number of benzene rings is 1. The van der Waals surface area contributed by atoms with Gasteiger partial charge in [0.25, 0.3) is 5.91 Å². The second kappa shape index (κ2) is 7.80. The van der Waals surface area contributed by atoms with Gasteiger partial charge in [-0.25, -0.2) is 0 Å². The lowest BCUT2D eigenvalue weighted by Gasteiger charge is -2.09. The molecule has 2 aromatic rings. The first-order chi connectivity index (χ1) is 11.0. The fourth-order valence-corrected chi connectivity index (χ4v) is 2.16. The lowest BCUT2D eigenvalue weighted by molar-refractivity contribution is -0.117. The molecule has 0 unspecified atom stereocenters. The van der Waals surface area contributed by atoms with Gasteiger partial charge in [-0.15, -0.1) is 0 Å². The number of nitrogens with one attached hydrogen (secondary N) is 1. The Morgan fingerprint density at radius 2 is 2.04 bits per heavy atom. The van der Waals surface area contributed by atoms with Crippen molar-refractivity contribution in [1.82, 2.24) is 5.32 Å². The van der Waals surface area contributed by atoms with Crippen molar-refractivity contribution in [3.05, 3.63) is 52.2 Å². The van der Waals surface area contributed by atoms with Gasteiger partial charge >= 0.3 is 0 Å². The molecule has 1 N–H and O–H groups in total. The van der Waals surface area contributed by atoms with E-state index in [0.717, 1.165) is 16.5 Å². The van der Waals surface area contributed by atoms with Crippen LogP contribution in [0.2, 0.25) is 0 Å². The third kappa shape index (κ3) is 4.57. The van der Waals surface area contributed by atoms with Crippen LogP contribution >= 0.6 is 15.9 Å². The van der Waals surface area contributed by atoms with Crippen molar-refractivity contribution < 1.29 is 9.21 Å². The highest BCUT2D eigenvalue weighted by Gasteiger charge is 2.12. The van der Waals surface area contributed by atoms with E-state index in [9.17, 15) is 10.1 Å². The fourth-order valence-electron chi connectivity index (χ4n) is 1.89. The van der Waals surface area contributed by atoms with Gasteiger partial charge < -0.3 is 9.73 Å². The van der Waals surface area contributed by atoms with Crippen molar-refractivity contribution in [2.24, 2.45) is 0 Å². The molecule has 2 rings (SSSR count). The zero-order valence-electron chi connectivity index (χ0n) is 13.0. The summed E-state index contributed by atoms with van der Waals surface area (Å²) in [6.07, 6.45) is 2.26. The van der Waals surface area contributed by atoms with Crippen LogP contribution in [0.5, 0.6) is 0 Å². The van der Waals surface area contributed by atoms with Gasteiger partial charge in [0.2, 0.25) is 0 Å². The fraction of sp³-hybridized carbons (Fsp3) is 0.222. The van der Waals surface area contributed by atoms with Gasteiger partial charge in [-0.3, -0.25) is 4.79 Å². The standard InChI is InChI=1S/C18H17BrN2O2/c1-3-12(2)21-18(22)14(11-20)10-16-8-9-17(23-16)13-4-6-15(19)7-5-13/h4-10,12H,3H2,1-2H3,(H,21,22)/b14-10+/t12-/m1/s1.